The van der Waals surface area contributed by atoms with Crippen LogP contribution in [0.25, 0.3) is 0 Å². The first-order chi connectivity index (χ1) is 8.26. The second kappa shape index (κ2) is 5.52. The fraction of sp³-hybridized carbons (Fsp3) is 0.462. The number of hydrogen-bond donors (Lipinski definition) is 0. The first-order valence-corrected chi connectivity index (χ1v) is 6.23. The third kappa shape index (κ3) is 2.61. The van der Waals surface area contributed by atoms with Gasteiger partial charge in [0.15, 0.2) is 0 Å². The molecule has 4 heteroatoms. The maximum atomic E-state index is 10.7. The Bertz CT molecular complexity index is 408. The summed E-state index contributed by atoms with van der Waals surface area (Å²) in [6.45, 7) is 4.45. The van der Waals surface area contributed by atoms with Crippen molar-refractivity contribution in [2.45, 2.75) is 19.4 Å². The molecule has 0 N–H and O–H groups in total. The SMILES string of the molecule is CCC1COCCN1c1ccc(C=O)cc1Cl. The number of rotatable bonds is 3. The molecule has 0 aliphatic carbocycles. The lowest BCUT2D eigenvalue weighted by molar-refractivity contribution is 0.0930. The second-order valence-corrected chi connectivity index (χ2v) is 4.57. The zero-order valence-corrected chi connectivity index (χ0v) is 10.6. The van der Waals surface area contributed by atoms with Gasteiger partial charge in [-0.1, -0.05) is 18.5 Å². The average Bonchev–Trinajstić information content (AvgIpc) is 2.38. The summed E-state index contributed by atoms with van der Waals surface area (Å²) >= 11 is 6.22. The zero-order chi connectivity index (χ0) is 12.3. The highest BCUT2D eigenvalue weighted by Gasteiger charge is 2.23. The van der Waals surface area contributed by atoms with E-state index in [1.807, 2.05) is 6.07 Å². The summed E-state index contributed by atoms with van der Waals surface area (Å²) in [5.74, 6) is 0. The van der Waals surface area contributed by atoms with Gasteiger partial charge in [-0.3, -0.25) is 4.79 Å². The molecule has 1 saturated heterocycles. The molecule has 1 aliphatic heterocycles. The van der Waals surface area contributed by atoms with E-state index in [1.165, 1.54) is 0 Å². The van der Waals surface area contributed by atoms with Gasteiger partial charge in [0, 0.05) is 12.1 Å². The Morgan fingerprint density at radius 1 is 1.59 bits per heavy atom. The Morgan fingerprint density at radius 3 is 3.06 bits per heavy atom. The van der Waals surface area contributed by atoms with Crippen molar-refractivity contribution in [3.63, 3.8) is 0 Å². The number of carbonyl (C=O) groups is 1. The second-order valence-electron chi connectivity index (χ2n) is 4.16. The summed E-state index contributed by atoms with van der Waals surface area (Å²) in [7, 11) is 0. The molecule has 0 aromatic heterocycles. The maximum absolute atomic E-state index is 10.7. The van der Waals surface area contributed by atoms with E-state index in [0.717, 1.165) is 38.2 Å². The molecule has 92 valence electrons. The van der Waals surface area contributed by atoms with Crippen LogP contribution in [0.3, 0.4) is 0 Å². The van der Waals surface area contributed by atoms with Crippen molar-refractivity contribution < 1.29 is 9.53 Å². The Kier molecular flexibility index (Phi) is 4.02. The smallest absolute Gasteiger partial charge is 0.150 e. The van der Waals surface area contributed by atoms with Crippen LogP contribution >= 0.6 is 11.6 Å². The van der Waals surface area contributed by atoms with Crippen molar-refractivity contribution in [3.8, 4) is 0 Å². The predicted molar refractivity (Wildman–Crippen MR) is 69.1 cm³/mol. The van der Waals surface area contributed by atoms with E-state index in [2.05, 4.69) is 11.8 Å². The Balaban J connectivity index is 2.28. The van der Waals surface area contributed by atoms with Gasteiger partial charge >= 0.3 is 0 Å². The number of carbonyl (C=O) groups excluding carboxylic acids is 1. The van der Waals surface area contributed by atoms with Gasteiger partial charge in [-0.15, -0.1) is 0 Å². The molecule has 1 heterocycles. The van der Waals surface area contributed by atoms with Crippen molar-refractivity contribution in [1.29, 1.82) is 0 Å². The first-order valence-electron chi connectivity index (χ1n) is 5.85. The third-order valence-corrected chi connectivity index (χ3v) is 3.42. The first kappa shape index (κ1) is 12.4. The summed E-state index contributed by atoms with van der Waals surface area (Å²) in [4.78, 5) is 12.9. The minimum Gasteiger partial charge on any atom is -0.377 e. The number of hydrogen-bond acceptors (Lipinski definition) is 3. The van der Waals surface area contributed by atoms with Gasteiger partial charge in [-0.05, 0) is 24.6 Å². The van der Waals surface area contributed by atoms with Crippen LogP contribution in [0.15, 0.2) is 18.2 Å². The molecule has 0 radical (unpaired) electrons. The van der Waals surface area contributed by atoms with Crippen LogP contribution in [0.4, 0.5) is 5.69 Å². The van der Waals surface area contributed by atoms with Gasteiger partial charge in [0.2, 0.25) is 0 Å². The van der Waals surface area contributed by atoms with E-state index in [4.69, 9.17) is 16.3 Å². The predicted octanol–water partition coefficient (Wildman–Crippen LogP) is 2.77. The molecule has 1 fully saturated rings. The summed E-state index contributed by atoms with van der Waals surface area (Å²) in [5.41, 5.74) is 1.60. The highest BCUT2D eigenvalue weighted by molar-refractivity contribution is 6.33. The molecule has 1 aliphatic rings. The monoisotopic (exact) mass is 253 g/mol. The van der Waals surface area contributed by atoms with E-state index in [9.17, 15) is 4.79 Å². The number of nitrogens with zero attached hydrogens (tertiary/aromatic N) is 1. The van der Waals surface area contributed by atoms with Crippen LogP contribution in [0, 0.1) is 0 Å². The van der Waals surface area contributed by atoms with Gasteiger partial charge in [0.1, 0.15) is 6.29 Å². The van der Waals surface area contributed by atoms with E-state index in [1.54, 1.807) is 12.1 Å². The fourth-order valence-corrected chi connectivity index (χ4v) is 2.44. The number of anilines is 1. The molecule has 1 atom stereocenters. The third-order valence-electron chi connectivity index (χ3n) is 3.12. The lowest BCUT2D eigenvalue weighted by Crippen LogP contribution is -2.45. The molecule has 0 amide bonds. The fourth-order valence-electron chi connectivity index (χ4n) is 2.14. The van der Waals surface area contributed by atoms with Crippen LogP contribution in [-0.2, 0) is 4.74 Å². The lowest BCUT2D eigenvalue weighted by Gasteiger charge is -2.37. The Morgan fingerprint density at radius 2 is 2.41 bits per heavy atom. The van der Waals surface area contributed by atoms with Crippen LogP contribution in [0.1, 0.15) is 23.7 Å². The average molecular weight is 254 g/mol. The molecular weight excluding hydrogens is 238 g/mol. The lowest BCUT2D eigenvalue weighted by atomic mass is 10.1. The molecule has 1 aromatic rings. The molecular formula is C13H16ClNO2. The largest absolute Gasteiger partial charge is 0.377 e. The molecule has 3 nitrogen and oxygen atoms in total. The topological polar surface area (TPSA) is 29.5 Å². The summed E-state index contributed by atoms with van der Waals surface area (Å²) in [6.07, 6.45) is 1.83. The zero-order valence-electron chi connectivity index (χ0n) is 9.86. The summed E-state index contributed by atoms with van der Waals surface area (Å²) in [6, 6.07) is 5.80. The Labute approximate surface area is 106 Å². The van der Waals surface area contributed by atoms with Crippen LogP contribution < -0.4 is 4.90 Å². The number of aldehydes is 1. The number of halogens is 1. The molecule has 0 bridgehead atoms. The van der Waals surface area contributed by atoms with Gasteiger partial charge in [-0.2, -0.15) is 0 Å². The highest BCUT2D eigenvalue weighted by atomic mass is 35.5. The van der Waals surface area contributed by atoms with Crippen LogP contribution in [0.2, 0.25) is 5.02 Å². The summed E-state index contributed by atoms with van der Waals surface area (Å²) in [5, 5.41) is 0.634. The van der Waals surface area contributed by atoms with Crippen molar-refractivity contribution in [2.24, 2.45) is 0 Å². The van der Waals surface area contributed by atoms with Gasteiger partial charge < -0.3 is 9.64 Å². The van der Waals surface area contributed by atoms with Crippen molar-refractivity contribution in [3.05, 3.63) is 28.8 Å². The van der Waals surface area contributed by atoms with E-state index in [0.29, 0.717) is 16.6 Å². The number of benzene rings is 1. The Hall–Kier alpha value is -1.06. The summed E-state index contributed by atoms with van der Waals surface area (Å²) < 4.78 is 5.47. The van der Waals surface area contributed by atoms with E-state index >= 15 is 0 Å². The maximum Gasteiger partial charge on any atom is 0.150 e. The van der Waals surface area contributed by atoms with E-state index < -0.39 is 0 Å². The van der Waals surface area contributed by atoms with Crippen molar-refractivity contribution in [2.75, 3.05) is 24.7 Å². The quantitative estimate of drug-likeness (QED) is 0.776. The highest BCUT2D eigenvalue weighted by Crippen LogP contribution is 2.29. The standard InChI is InChI=1S/C13H16ClNO2/c1-2-11-9-17-6-5-15(11)13-4-3-10(8-16)7-12(13)14/h3-4,7-8,11H,2,5-6,9H2,1H3. The van der Waals surface area contributed by atoms with Crippen LogP contribution in [0.5, 0.6) is 0 Å². The molecule has 1 aromatic carbocycles. The normalized spacial score (nSPS) is 20.4. The van der Waals surface area contributed by atoms with Crippen molar-refractivity contribution in [1.82, 2.24) is 0 Å². The minimum absolute atomic E-state index is 0.364. The molecule has 0 spiro atoms. The van der Waals surface area contributed by atoms with Gasteiger partial charge in [0.05, 0.1) is 30.0 Å². The minimum atomic E-state index is 0.364. The molecule has 1 unspecified atom stereocenters. The van der Waals surface area contributed by atoms with Crippen LogP contribution in [-0.4, -0.2) is 32.1 Å². The van der Waals surface area contributed by atoms with Gasteiger partial charge in [-0.25, -0.2) is 0 Å². The number of morpholine rings is 1. The van der Waals surface area contributed by atoms with Gasteiger partial charge in [0.25, 0.3) is 0 Å². The molecule has 17 heavy (non-hydrogen) atoms. The van der Waals surface area contributed by atoms with E-state index in [-0.39, 0.29) is 0 Å². The van der Waals surface area contributed by atoms with Crippen molar-refractivity contribution >= 4 is 23.6 Å². The number of ether oxygens (including phenoxy) is 1. The molecule has 0 saturated carbocycles. The molecule has 2 rings (SSSR count).